The third-order valence-corrected chi connectivity index (χ3v) is 5.31. The largest absolute Gasteiger partial charge is 0.459 e. The van der Waals surface area contributed by atoms with Crippen LogP contribution in [0.15, 0.2) is 65.3 Å². The summed E-state index contributed by atoms with van der Waals surface area (Å²) in [6.45, 7) is 1.56. The molecule has 2 aromatic heterocycles. The summed E-state index contributed by atoms with van der Waals surface area (Å²) >= 11 is 1.25. The van der Waals surface area contributed by atoms with Crippen molar-refractivity contribution < 1.29 is 18.7 Å². The van der Waals surface area contributed by atoms with Gasteiger partial charge in [-0.15, -0.1) is 11.3 Å². The summed E-state index contributed by atoms with van der Waals surface area (Å²) in [4.78, 5) is 27.3. The number of ether oxygens (including phenoxy) is 1. The molecule has 1 N–H and O–H groups in total. The van der Waals surface area contributed by atoms with Crippen molar-refractivity contribution in [2.75, 3.05) is 25.0 Å². The Balaban J connectivity index is 1.42. The Bertz CT molecular complexity index is 921. The zero-order valence-electron chi connectivity index (χ0n) is 14.5. The Kier molecular flexibility index (Phi) is 5.04. The third kappa shape index (κ3) is 3.94. The molecule has 0 saturated carbocycles. The molecular weight excluding hydrogens is 364 g/mol. The topological polar surface area (TPSA) is 71.8 Å². The predicted molar refractivity (Wildman–Crippen MR) is 102 cm³/mol. The van der Waals surface area contributed by atoms with Gasteiger partial charge in [0.05, 0.1) is 29.3 Å². The minimum atomic E-state index is -0.337. The molecule has 3 heterocycles. The van der Waals surface area contributed by atoms with Crippen LogP contribution in [0.2, 0.25) is 0 Å². The average Bonchev–Trinajstić information content (AvgIpc) is 3.40. The second-order valence-corrected chi connectivity index (χ2v) is 7.20. The smallest absolute Gasteiger partial charge is 0.291 e. The van der Waals surface area contributed by atoms with Gasteiger partial charge in [-0.25, -0.2) is 0 Å². The number of anilines is 1. The van der Waals surface area contributed by atoms with E-state index in [0.29, 0.717) is 29.6 Å². The van der Waals surface area contributed by atoms with Gasteiger partial charge in [-0.3, -0.25) is 9.59 Å². The van der Waals surface area contributed by atoms with Crippen molar-refractivity contribution in [1.29, 1.82) is 0 Å². The number of amides is 2. The molecule has 1 aliphatic heterocycles. The van der Waals surface area contributed by atoms with Crippen LogP contribution in [0.5, 0.6) is 0 Å². The second kappa shape index (κ2) is 7.77. The van der Waals surface area contributed by atoms with E-state index in [1.807, 2.05) is 30.3 Å². The number of hydrogen-bond acceptors (Lipinski definition) is 5. The fraction of sp³-hybridized carbons (Fsp3) is 0.200. The third-order valence-electron chi connectivity index (χ3n) is 4.32. The van der Waals surface area contributed by atoms with E-state index in [1.54, 1.807) is 29.2 Å². The lowest BCUT2D eigenvalue weighted by atomic mass is 10.1. The standard InChI is InChI=1S/C20H18N2O4S/c23-19(15-7-4-11-25-15)21-18-9-8-17(27-18)20(24)22-10-12-26-16(13-22)14-5-2-1-3-6-14/h1-9,11,16H,10,12-13H2,(H,21,23). The summed E-state index contributed by atoms with van der Waals surface area (Å²) in [6.07, 6.45) is 1.32. The fourth-order valence-electron chi connectivity index (χ4n) is 2.96. The normalized spacial score (nSPS) is 16.9. The highest BCUT2D eigenvalue weighted by molar-refractivity contribution is 7.18. The van der Waals surface area contributed by atoms with Crippen molar-refractivity contribution in [3.05, 3.63) is 77.1 Å². The maximum absolute atomic E-state index is 12.9. The molecule has 4 rings (SSSR count). The van der Waals surface area contributed by atoms with Crippen LogP contribution in [-0.2, 0) is 4.74 Å². The van der Waals surface area contributed by atoms with Gasteiger partial charge in [0, 0.05) is 6.54 Å². The second-order valence-electron chi connectivity index (χ2n) is 6.12. The average molecular weight is 382 g/mol. The highest BCUT2D eigenvalue weighted by Crippen LogP contribution is 2.27. The molecule has 138 valence electrons. The molecular formula is C20H18N2O4S. The molecule has 1 saturated heterocycles. The number of morpholine rings is 1. The van der Waals surface area contributed by atoms with E-state index in [-0.39, 0.29) is 23.7 Å². The first-order valence-electron chi connectivity index (χ1n) is 8.61. The summed E-state index contributed by atoms with van der Waals surface area (Å²) in [5.74, 6) is -0.158. The number of carbonyl (C=O) groups excluding carboxylic acids is 2. The lowest BCUT2D eigenvalue weighted by Gasteiger charge is -2.33. The molecule has 0 bridgehead atoms. The first-order valence-corrected chi connectivity index (χ1v) is 9.43. The highest BCUT2D eigenvalue weighted by Gasteiger charge is 2.27. The van der Waals surface area contributed by atoms with Crippen LogP contribution in [0, 0.1) is 0 Å². The molecule has 1 fully saturated rings. The van der Waals surface area contributed by atoms with Crippen molar-refractivity contribution >= 4 is 28.2 Å². The van der Waals surface area contributed by atoms with Gasteiger partial charge >= 0.3 is 0 Å². The molecule has 1 unspecified atom stereocenters. The quantitative estimate of drug-likeness (QED) is 0.745. The number of nitrogens with one attached hydrogen (secondary N) is 1. The van der Waals surface area contributed by atoms with Gasteiger partial charge in [-0.05, 0) is 29.8 Å². The maximum Gasteiger partial charge on any atom is 0.291 e. The van der Waals surface area contributed by atoms with E-state index < -0.39 is 0 Å². The number of thiophene rings is 1. The first-order chi connectivity index (χ1) is 13.2. The number of furan rings is 1. The molecule has 0 aliphatic carbocycles. The fourth-order valence-corrected chi connectivity index (χ4v) is 3.83. The van der Waals surface area contributed by atoms with Crippen LogP contribution in [-0.4, -0.2) is 36.4 Å². The zero-order chi connectivity index (χ0) is 18.6. The van der Waals surface area contributed by atoms with Gasteiger partial charge in [0.15, 0.2) is 5.76 Å². The Morgan fingerprint density at radius 2 is 1.93 bits per heavy atom. The first kappa shape index (κ1) is 17.5. The maximum atomic E-state index is 12.9. The van der Waals surface area contributed by atoms with E-state index >= 15 is 0 Å². The predicted octanol–water partition coefficient (Wildman–Crippen LogP) is 3.81. The number of hydrogen-bond donors (Lipinski definition) is 1. The Hall–Kier alpha value is -2.90. The van der Waals surface area contributed by atoms with Crippen molar-refractivity contribution in [2.45, 2.75) is 6.10 Å². The monoisotopic (exact) mass is 382 g/mol. The number of rotatable bonds is 4. The summed E-state index contributed by atoms with van der Waals surface area (Å²) < 4.78 is 10.9. The molecule has 7 heteroatoms. The summed E-state index contributed by atoms with van der Waals surface area (Å²) in [5.41, 5.74) is 1.06. The molecule has 1 aromatic carbocycles. The van der Waals surface area contributed by atoms with Gasteiger partial charge < -0.3 is 19.4 Å². The zero-order valence-corrected chi connectivity index (χ0v) is 15.3. The number of benzene rings is 1. The van der Waals surface area contributed by atoms with Gasteiger partial charge in [-0.1, -0.05) is 30.3 Å². The van der Waals surface area contributed by atoms with Gasteiger partial charge in [0.25, 0.3) is 11.8 Å². The molecule has 0 spiro atoms. The lowest BCUT2D eigenvalue weighted by Crippen LogP contribution is -2.42. The molecule has 0 radical (unpaired) electrons. The molecule has 2 amide bonds. The Labute approximate surface area is 160 Å². The molecule has 6 nitrogen and oxygen atoms in total. The van der Waals surface area contributed by atoms with Gasteiger partial charge in [0.1, 0.15) is 6.10 Å². The summed E-state index contributed by atoms with van der Waals surface area (Å²) in [6, 6.07) is 16.6. The van der Waals surface area contributed by atoms with Crippen molar-refractivity contribution in [2.24, 2.45) is 0 Å². The van der Waals surface area contributed by atoms with Crippen molar-refractivity contribution in [3.63, 3.8) is 0 Å². The number of carbonyl (C=O) groups is 2. The van der Waals surface area contributed by atoms with Crippen LogP contribution in [0.3, 0.4) is 0 Å². The van der Waals surface area contributed by atoms with E-state index in [2.05, 4.69) is 5.32 Å². The highest BCUT2D eigenvalue weighted by atomic mass is 32.1. The molecule has 1 atom stereocenters. The number of nitrogens with zero attached hydrogens (tertiary/aromatic N) is 1. The minimum absolute atomic E-state index is 0.0530. The van der Waals surface area contributed by atoms with Crippen LogP contribution >= 0.6 is 11.3 Å². The van der Waals surface area contributed by atoms with E-state index in [4.69, 9.17) is 9.15 Å². The Morgan fingerprint density at radius 1 is 1.07 bits per heavy atom. The van der Waals surface area contributed by atoms with Crippen LogP contribution in [0.4, 0.5) is 5.00 Å². The SMILES string of the molecule is O=C(Nc1ccc(C(=O)N2CCOC(c3ccccc3)C2)s1)c1ccco1. The molecule has 1 aliphatic rings. The van der Waals surface area contributed by atoms with Crippen molar-refractivity contribution in [3.8, 4) is 0 Å². The van der Waals surface area contributed by atoms with E-state index in [9.17, 15) is 9.59 Å². The summed E-state index contributed by atoms with van der Waals surface area (Å²) in [5, 5.41) is 3.35. The van der Waals surface area contributed by atoms with Gasteiger partial charge in [-0.2, -0.15) is 0 Å². The minimum Gasteiger partial charge on any atom is -0.459 e. The summed E-state index contributed by atoms with van der Waals surface area (Å²) in [7, 11) is 0. The molecule has 3 aromatic rings. The van der Waals surface area contributed by atoms with Gasteiger partial charge in [0.2, 0.25) is 0 Å². The van der Waals surface area contributed by atoms with Crippen molar-refractivity contribution in [1.82, 2.24) is 4.90 Å². The van der Waals surface area contributed by atoms with Crippen LogP contribution in [0.1, 0.15) is 31.9 Å². The lowest BCUT2D eigenvalue weighted by molar-refractivity contribution is -0.0226. The van der Waals surface area contributed by atoms with Crippen LogP contribution < -0.4 is 5.32 Å². The van der Waals surface area contributed by atoms with E-state index in [1.165, 1.54) is 17.6 Å². The van der Waals surface area contributed by atoms with E-state index in [0.717, 1.165) is 5.56 Å². The van der Waals surface area contributed by atoms with Crippen LogP contribution in [0.25, 0.3) is 0 Å². The Morgan fingerprint density at radius 3 is 2.70 bits per heavy atom. The molecule has 27 heavy (non-hydrogen) atoms.